The molecule has 0 bridgehead atoms. The van der Waals surface area contributed by atoms with Crippen LogP contribution in [0.5, 0.6) is 0 Å². The van der Waals surface area contributed by atoms with Crippen molar-refractivity contribution in [3.05, 3.63) is 34.9 Å². The predicted octanol–water partition coefficient (Wildman–Crippen LogP) is -3.51. The highest BCUT2D eigenvalue weighted by Crippen LogP contribution is 2.43. The second-order valence-corrected chi connectivity index (χ2v) is 8.25. The van der Waals surface area contributed by atoms with E-state index < -0.39 is 83.1 Å². The monoisotopic (exact) mass is 526 g/mol. The summed E-state index contributed by atoms with van der Waals surface area (Å²) in [6.07, 6.45) is -12.5. The fourth-order valence-electron chi connectivity index (χ4n) is 4.57. The first-order chi connectivity index (χ1) is 16.4. The number of amides is 1. The molecule has 1 spiro atoms. The zero-order valence-electron chi connectivity index (χ0n) is 17.7. The van der Waals surface area contributed by atoms with Crippen LogP contribution < -0.4 is 27.5 Å². The zero-order valence-corrected chi connectivity index (χ0v) is 17.7. The van der Waals surface area contributed by atoms with Crippen molar-refractivity contribution >= 4 is 23.8 Å². The number of alkyl halides is 6. The van der Waals surface area contributed by atoms with E-state index in [1.54, 1.807) is 0 Å². The van der Waals surface area contributed by atoms with Gasteiger partial charge < -0.3 is 26.4 Å². The SMILES string of the molecule is NC(=O)[C@@H]1N=C(N)N2C[C@H](OC(=O)c3cc(C(F)(F)F)ccc3C(F)(F)F)C(O)(O)[C@@]23NC(N)=[NH+][C@@H]13. The summed E-state index contributed by atoms with van der Waals surface area (Å²) in [5.74, 6) is -7.06. The molecule has 1 aromatic carbocycles. The number of hydrogen-bond donors (Lipinski definition) is 7. The van der Waals surface area contributed by atoms with Crippen LogP contribution in [0.15, 0.2) is 23.2 Å². The number of esters is 1. The molecule has 0 aromatic heterocycles. The van der Waals surface area contributed by atoms with Crippen LogP contribution in [-0.4, -0.2) is 75.1 Å². The summed E-state index contributed by atoms with van der Waals surface area (Å²) in [5, 5.41) is 24.6. The average molecular weight is 526 g/mol. The maximum absolute atomic E-state index is 13.4. The maximum Gasteiger partial charge on any atom is 0.417 e. The predicted molar refractivity (Wildman–Crippen MR) is 104 cm³/mol. The van der Waals surface area contributed by atoms with Gasteiger partial charge in [-0.2, -0.15) is 26.3 Å². The quantitative estimate of drug-likeness (QED) is 0.118. The van der Waals surface area contributed by atoms with E-state index in [4.69, 9.17) is 21.9 Å². The molecule has 1 aromatic rings. The number of ether oxygens (including phenoxy) is 1. The third-order valence-corrected chi connectivity index (χ3v) is 6.15. The van der Waals surface area contributed by atoms with E-state index in [0.29, 0.717) is 0 Å². The van der Waals surface area contributed by atoms with Gasteiger partial charge in [-0.3, -0.25) is 20.4 Å². The summed E-state index contributed by atoms with van der Waals surface area (Å²) < 4.78 is 84.5. The molecule has 0 saturated carbocycles. The molecule has 3 heterocycles. The van der Waals surface area contributed by atoms with E-state index in [0.717, 1.165) is 4.90 Å². The number of carbonyl (C=O) groups is 2. The number of nitrogens with two attached hydrogens (primary N) is 3. The molecule has 18 heteroatoms. The van der Waals surface area contributed by atoms with Crippen molar-refractivity contribution in [1.29, 1.82) is 0 Å². The van der Waals surface area contributed by atoms with Crippen LogP contribution in [-0.2, 0) is 21.9 Å². The number of carbonyl (C=O) groups excluding carboxylic acids is 2. The third-order valence-electron chi connectivity index (χ3n) is 6.15. The highest BCUT2D eigenvalue weighted by Gasteiger charge is 2.78. The number of nitrogens with one attached hydrogen (secondary N) is 2. The highest BCUT2D eigenvalue weighted by molar-refractivity contribution is 5.93. The van der Waals surface area contributed by atoms with Crippen molar-refractivity contribution < 1.29 is 55.9 Å². The Morgan fingerprint density at radius 2 is 1.81 bits per heavy atom. The first-order valence-electron chi connectivity index (χ1n) is 9.92. The second-order valence-electron chi connectivity index (χ2n) is 8.25. The van der Waals surface area contributed by atoms with E-state index in [2.05, 4.69) is 15.3 Å². The summed E-state index contributed by atoms with van der Waals surface area (Å²) >= 11 is 0. The van der Waals surface area contributed by atoms with E-state index in [1.165, 1.54) is 0 Å². The maximum atomic E-state index is 13.4. The number of aliphatic imine (C=N–C) groups is 1. The number of hydrogen-bond acceptors (Lipinski definition) is 10. The van der Waals surface area contributed by atoms with Crippen molar-refractivity contribution in [3.63, 3.8) is 0 Å². The van der Waals surface area contributed by atoms with Crippen LogP contribution in [0, 0.1) is 0 Å². The Balaban J connectivity index is 1.74. The molecule has 4 atom stereocenters. The fraction of sp³-hybridized carbons (Fsp3) is 0.444. The second kappa shape index (κ2) is 7.60. The van der Waals surface area contributed by atoms with Gasteiger partial charge in [0.15, 0.2) is 24.1 Å². The van der Waals surface area contributed by atoms with Crippen molar-refractivity contribution in [2.75, 3.05) is 6.54 Å². The van der Waals surface area contributed by atoms with E-state index >= 15 is 0 Å². The fourth-order valence-corrected chi connectivity index (χ4v) is 4.57. The first-order valence-corrected chi connectivity index (χ1v) is 9.92. The number of primary amides is 1. The smallest absolute Gasteiger partial charge is 0.417 e. The van der Waals surface area contributed by atoms with Gasteiger partial charge in [0.2, 0.25) is 5.91 Å². The van der Waals surface area contributed by atoms with Crippen LogP contribution in [0.25, 0.3) is 0 Å². The van der Waals surface area contributed by atoms with Gasteiger partial charge >= 0.3 is 24.3 Å². The standard InChI is InChI=1S/C18H17F6N7O5/c19-17(20,21)5-1-2-7(18(22,23)24)6(3-5)12(33)36-8-4-31-14(27)28-9(11(25)32)10-15(31,16(8,34)35)30-13(26)29-10/h1-3,8-10,34-35H,4H2,(H2,25,32)(H2,27,28)(H3,26,29,30)/p+1/t8-,9+,10-,15-/m0/s1. The molecule has 0 aliphatic carbocycles. The Kier molecular flexibility index (Phi) is 5.34. The number of benzene rings is 1. The number of guanidine groups is 2. The van der Waals surface area contributed by atoms with Gasteiger partial charge in [0, 0.05) is 0 Å². The van der Waals surface area contributed by atoms with Crippen molar-refractivity contribution in [1.82, 2.24) is 10.2 Å². The average Bonchev–Trinajstić information content (AvgIpc) is 3.20. The van der Waals surface area contributed by atoms with Gasteiger partial charge in [0.1, 0.15) is 0 Å². The van der Waals surface area contributed by atoms with Crippen molar-refractivity contribution in [3.8, 4) is 0 Å². The highest BCUT2D eigenvalue weighted by atomic mass is 19.4. The van der Waals surface area contributed by atoms with E-state index in [-0.39, 0.29) is 24.2 Å². The largest absolute Gasteiger partial charge is 0.451 e. The van der Waals surface area contributed by atoms with Crippen LogP contribution in [0.4, 0.5) is 26.3 Å². The molecule has 12 nitrogen and oxygen atoms in total. The molecular formula is C18H18F6N7O5+. The molecule has 0 radical (unpaired) electrons. The van der Waals surface area contributed by atoms with E-state index in [9.17, 15) is 46.1 Å². The van der Waals surface area contributed by atoms with Gasteiger partial charge in [-0.1, -0.05) is 0 Å². The third kappa shape index (κ3) is 3.55. The Hall–Kier alpha value is -3.80. The Labute approximate surface area is 196 Å². The summed E-state index contributed by atoms with van der Waals surface area (Å²) in [6.45, 7) is -0.724. The molecule has 1 saturated heterocycles. The number of rotatable bonds is 3. The molecule has 4 rings (SSSR count). The molecule has 3 aliphatic heterocycles. The van der Waals surface area contributed by atoms with Crippen molar-refractivity contribution in [2.24, 2.45) is 22.2 Å². The normalized spacial score (nSPS) is 29.0. The number of aliphatic hydroxyl groups is 2. The minimum Gasteiger partial charge on any atom is -0.451 e. The first kappa shape index (κ1) is 25.3. The molecule has 36 heavy (non-hydrogen) atoms. The van der Waals surface area contributed by atoms with Gasteiger partial charge in [0.05, 0.1) is 23.2 Å². The molecule has 1 fully saturated rings. The van der Waals surface area contributed by atoms with Crippen LogP contribution >= 0.6 is 0 Å². The summed E-state index contributed by atoms with van der Waals surface area (Å²) in [4.78, 5) is 31.9. The van der Waals surface area contributed by atoms with Crippen molar-refractivity contribution in [2.45, 2.75) is 42.0 Å². The van der Waals surface area contributed by atoms with Gasteiger partial charge in [-0.25, -0.2) is 15.1 Å². The van der Waals surface area contributed by atoms with Gasteiger partial charge in [0.25, 0.3) is 11.4 Å². The lowest BCUT2D eigenvalue weighted by Gasteiger charge is -2.45. The van der Waals surface area contributed by atoms with Crippen LogP contribution in [0.2, 0.25) is 0 Å². The molecular weight excluding hydrogens is 508 g/mol. The van der Waals surface area contributed by atoms with Crippen LogP contribution in [0.1, 0.15) is 21.5 Å². The van der Waals surface area contributed by atoms with E-state index in [1.807, 2.05) is 0 Å². The molecule has 0 unspecified atom stereocenters. The lowest BCUT2D eigenvalue weighted by molar-refractivity contribution is -0.519. The molecule has 3 aliphatic rings. The Morgan fingerprint density at radius 3 is 2.36 bits per heavy atom. The minimum absolute atomic E-state index is 0.0530. The molecule has 10 N–H and O–H groups in total. The topological polar surface area (TPSA) is 203 Å². The zero-order chi connectivity index (χ0) is 27.0. The lowest BCUT2D eigenvalue weighted by Crippen LogP contribution is -2.90. The summed E-state index contributed by atoms with van der Waals surface area (Å²) in [6, 6.07) is -2.82. The summed E-state index contributed by atoms with van der Waals surface area (Å²) in [7, 11) is 0. The Morgan fingerprint density at radius 1 is 1.17 bits per heavy atom. The van der Waals surface area contributed by atoms with Gasteiger partial charge in [-0.05, 0) is 18.2 Å². The van der Waals surface area contributed by atoms with Crippen LogP contribution in [0.3, 0.4) is 0 Å². The molecule has 1 amide bonds. The lowest BCUT2D eigenvalue weighted by atomic mass is 9.85. The number of halogens is 6. The Bertz CT molecular complexity index is 1200. The minimum atomic E-state index is -5.25. The van der Waals surface area contributed by atoms with Gasteiger partial charge in [-0.15, -0.1) is 0 Å². The molecule has 196 valence electrons. The number of nitrogens with zero attached hydrogens (tertiary/aromatic N) is 2. The summed E-state index contributed by atoms with van der Waals surface area (Å²) in [5.41, 5.74) is 9.74.